The van der Waals surface area contributed by atoms with Crippen LogP contribution in [0.3, 0.4) is 0 Å². The van der Waals surface area contributed by atoms with Crippen molar-refractivity contribution in [3.05, 3.63) is 0 Å². The van der Waals surface area contributed by atoms with Gasteiger partial charge in [-0.2, -0.15) is 0 Å². The summed E-state index contributed by atoms with van der Waals surface area (Å²) in [5, 5.41) is 3.06. The van der Waals surface area contributed by atoms with Crippen molar-refractivity contribution in [1.29, 1.82) is 0 Å². The molecule has 0 aromatic rings. The summed E-state index contributed by atoms with van der Waals surface area (Å²) in [5.74, 6) is 0.119. The number of nitrogens with one attached hydrogen (secondary N) is 1. The van der Waals surface area contributed by atoms with Crippen LogP contribution in [-0.4, -0.2) is 58.9 Å². The van der Waals surface area contributed by atoms with E-state index in [1.165, 1.54) is 18.4 Å². The molecule has 0 aromatic heterocycles. The lowest BCUT2D eigenvalue weighted by Crippen LogP contribution is -2.36. The molecule has 0 fully saturated rings. The van der Waals surface area contributed by atoms with Gasteiger partial charge in [0.25, 0.3) is 0 Å². The fourth-order valence-electron chi connectivity index (χ4n) is 0.926. The molecular formula is C8H20N2O3S. The van der Waals surface area contributed by atoms with Gasteiger partial charge in [0.05, 0.1) is 12.4 Å². The Morgan fingerprint density at radius 1 is 1.43 bits per heavy atom. The maximum atomic E-state index is 11.3. The van der Waals surface area contributed by atoms with Crippen LogP contribution in [0.15, 0.2) is 0 Å². The highest BCUT2D eigenvalue weighted by Crippen LogP contribution is 1.92. The van der Waals surface area contributed by atoms with Gasteiger partial charge in [0.2, 0.25) is 10.0 Å². The smallest absolute Gasteiger partial charge is 0.214 e. The molecule has 6 heteroatoms. The molecule has 1 N–H and O–H groups in total. The molecule has 0 aliphatic rings. The Kier molecular flexibility index (Phi) is 6.26. The number of hydrogen-bond acceptors (Lipinski definition) is 4. The van der Waals surface area contributed by atoms with Crippen molar-refractivity contribution < 1.29 is 13.2 Å². The maximum Gasteiger partial charge on any atom is 0.214 e. The summed E-state index contributed by atoms with van der Waals surface area (Å²) in [6.45, 7) is 2.98. The molecule has 14 heavy (non-hydrogen) atoms. The number of nitrogens with zero attached hydrogens (tertiary/aromatic N) is 1. The Bertz CT molecular complexity index is 239. The van der Waals surface area contributed by atoms with Crippen molar-refractivity contribution >= 4 is 10.0 Å². The lowest BCUT2D eigenvalue weighted by atomic mass is 10.4. The predicted molar refractivity (Wildman–Crippen MR) is 56.8 cm³/mol. The molecule has 0 bridgehead atoms. The monoisotopic (exact) mass is 224 g/mol. The Balaban J connectivity index is 3.74. The van der Waals surface area contributed by atoms with Gasteiger partial charge in [0, 0.05) is 33.8 Å². The Hall–Kier alpha value is -0.170. The van der Waals surface area contributed by atoms with Gasteiger partial charge in [-0.05, 0) is 6.92 Å². The van der Waals surface area contributed by atoms with Crippen molar-refractivity contribution in [2.24, 2.45) is 0 Å². The SMILES string of the molecule is COC[C@@H](C)NCCS(=O)(=O)N(C)C. The van der Waals surface area contributed by atoms with Crippen LogP contribution < -0.4 is 5.32 Å². The molecule has 0 spiro atoms. The molecule has 0 aliphatic carbocycles. The standard InChI is InChI=1S/C8H20N2O3S/c1-8(7-13-4)9-5-6-14(11,12)10(2)3/h8-9H,5-7H2,1-4H3/t8-/m1/s1. The van der Waals surface area contributed by atoms with Gasteiger partial charge in [0.15, 0.2) is 0 Å². The van der Waals surface area contributed by atoms with Crippen LogP contribution in [0.2, 0.25) is 0 Å². The largest absolute Gasteiger partial charge is 0.383 e. The van der Waals surface area contributed by atoms with Crippen molar-refractivity contribution in [2.45, 2.75) is 13.0 Å². The molecule has 0 heterocycles. The van der Waals surface area contributed by atoms with Gasteiger partial charge in [-0.3, -0.25) is 0 Å². The number of ether oxygens (including phenoxy) is 1. The quantitative estimate of drug-likeness (QED) is 0.633. The van der Waals surface area contributed by atoms with Crippen LogP contribution in [0.5, 0.6) is 0 Å². The minimum absolute atomic E-state index is 0.119. The lowest BCUT2D eigenvalue weighted by Gasteiger charge is -2.14. The number of sulfonamides is 1. The fourth-order valence-corrected chi connectivity index (χ4v) is 1.67. The molecule has 0 aromatic carbocycles. The first-order valence-electron chi connectivity index (χ1n) is 4.52. The first kappa shape index (κ1) is 13.8. The van der Waals surface area contributed by atoms with Gasteiger partial charge in [0.1, 0.15) is 0 Å². The Morgan fingerprint density at radius 3 is 2.43 bits per heavy atom. The van der Waals surface area contributed by atoms with Gasteiger partial charge in [-0.15, -0.1) is 0 Å². The van der Waals surface area contributed by atoms with Crippen LogP contribution in [0, 0.1) is 0 Å². The molecule has 0 saturated carbocycles. The normalized spacial score (nSPS) is 14.6. The van der Waals surface area contributed by atoms with Gasteiger partial charge in [-0.1, -0.05) is 0 Å². The summed E-state index contributed by atoms with van der Waals surface area (Å²) < 4.78 is 28.8. The zero-order valence-electron chi connectivity index (χ0n) is 9.28. The number of methoxy groups -OCH3 is 1. The molecule has 86 valence electrons. The fraction of sp³-hybridized carbons (Fsp3) is 1.00. The highest BCUT2D eigenvalue weighted by Gasteiger charge is 2.13. The van der Waals surface area contributed by atoms with Gasteiger partial charge in [-0.25, -0.2) is 12.7 Å². The second kappa shape index (κ2) is 6.34. The highest BCUT2D eigenvalue weighted by molar-refractivity contribution is 7.89. The molecule has 0 rings (SSSR count). The molecule has 5 nitrogen and oxygen atoms in total. The predicted octanol–water partition coefficient (Wildman–Crippen LogP) is -0.498. The third-order valence-corrected chi connectivity index (χ3v) is 3.66. The van der Waals surface area contributed by atoms with Crippen molar-refractivity contribution in [2.75, 3.05) is 40.1 Å². The van der Waals surface area contributed by atoms with E-state index in [9.17, 15) is 8.42 Å². The van der Waals surface area contributed by atoms with Gasteiger partial charge >= 0.3 is 0 Å². The highest BCUT2D eigenvalue weighted by atomic mass is 32.2. The molecule has 0 radical (unpaired) electrons. The molecule has 0 aliphatic heterocycles. The molecule has 0 saturated heterocycles. The first-order chi connectivity index (χ1) is 6.40. The average molecular weight is 224 g/mol. The van der Waals surface area contributed by atoms with Crippen LogP contribution in [0.4, 0.5) is 0 Å². The number of rotatable bonds is 7. The minimum Gasteiger partial charge on any atom is -0.383 e. The summed E-state index contributed by atoms with van der Waals surface area (Å²) in [4.78, 5) is 0. The maximum absolute atomic E-state index is 11.3. The summed E-state index contributed by atoms with van der Waals surface area (Å²) >= 11 is 0. The second-order valence-electron chi connectivity index (χ2n) is 3.41. The van der Waals surface area contributed by atoms with Crippen molar-refractivity contribution in [3.8, 4) is 0 Å². The summed E-state index contributed by atoms with van der Waals surface area (Å²) in [7, 11) is 1.61. The van der Waals surface area contributed by atoms with E-state index in [2.05, 4.69) is 5.32 Å². The van der Waals surface area contributed by atoms with Crippen LogP contribution in [0.25, 0.3) is 0 Å². The van der Waals surface area contributed by atoms with E-state index in [-0.39, 0.29) is 11.8 Å². The van der Waals surface area contributed by atoms with Crippen molar-refractivity contribution in [3.63, 3.8) is 0 Å². The van der Waals surface area contributed by atoms with E-state index in [1.54, 1.807) is 7.11 Å². The Labute approximate surface area is 86.5 Å². The van der Waals surface area contributed by atoms with E-state index >= 15 is 0 Å². The molecule has 0 amide bonds. The van der Waals surface area contributed by atoms with Crippen LogP contribution >= 0.6 is 0 Å². The summed E-state index contributed by atoms with van der Waals surface area (Å²) in [6, 6.07) is 0.178. The zero-order valence-corrected chi connectivity index (χ0v) is 10.1. The molecule has 1 atom stereocenters. The summed E-state index contributed by atoms with van der Waals surface area (Å²) in [6.07, 6.45) is 0. The average Bonchev–Trinajstić information content (AvgIpc) is 2.04. The molecular weight excluding hydrogens is 204 g/mol. The Morgan fingerprint density at radius 2 is 2.00 bits per heavy atom. The second-order valence-corrected chi connectivity index (χ2v) is 5.71. The molecule has 0 unspecified atom stereocenters. The van der Waals surface area contributed by atoms with E-state index in [4.69, 9.17) is 4.74 Å². The van der Waals surface area contributed by atoms with Crippen molar-refractivity contribution in [1.82, 2.24) is 9.62 Å². The van der Waals surface area contributed by atoms with E-state index in [0.717, 1.165) is 0 Å². The van der Waals surface area contributed by atoms with Gasteiger partial charge < -0.3 is 10.1 Å². The third-order valence-electron chi connectivity index (χ3n) is 1.83. The third kappa shape index (κ3) is 5.54. The van der Waals surface area contributed by atoms with E-state index in [1.807, 2.05) is 6.92 Å². The summed E-state index contributed by atoms with van der Waals surface area (Å²) in [5.41, 5.74) is 0. The zero-order chi connectivity index (χ0) is 11.2. The lowest BCUT2D eigenvalue weighted by molar-refractivity contribution is 0.173. The topological polar surface area (TPSA) is 58.6 Å². The first-order valence-corrected chi connectivity index (χ1v) is 6.13. The number of hydrogen-bond donors (Lipinski definition) is 1. The minimum atomic E-state index is -3.08. The van der Waals surface area contributed by atoms with E-state index < -0.39 is 10.0 Å². The van der Waals surface area contributed by atoms with Crippen LogP contribution in [-0.2, 0) is 14.8 Å². The van der Waals surface area contributed by atoms with E-state index in [0.29, 0.717) is 13.2 Å². The van der Waals surface area contributed by atoms with Crippen LogP contribution in [0.1, 0.15) is 6.92 Å².